The number of nitrogen functional groups attached to an aromatic ring is 1. The molecule has 1 rings (SSSR count). The van der Waals surface area contributed by atoms with Crippen molar-refractivity contribution in [3.63, 3.8) is 0 Å². The Balaban J connectivity index is 3.12. The molecule has 5 nitrogen and oxygen atoms in total. The molecule has 0 aliphatic carbocycles. The minimum absolute atomic E-state index is 0.00914. The molecule has 0 aromatic carbocycles. The third-order valence-electron chi connectivity index (χ3n) is 1.75. The predicted molar refractivity (Wildman–Crippen MR) is 68.0 cm³/mol. The number of carbonyl (C=O) groups excluding carboxylic acids is 1. The quantitative estimate of drug-likeness (QED) is 0.457. The maximum absolute atomic E-state index is 11.3. The van der Waals surface area contributed by atoms with Gasteiger partial charge in [-0.05, 0) is 0 Å². The minimum Gasteiger partial charge on any atom is -0.464 e. The molecule has 0 atom stereocenters. The molecule has 6 heteroatoms. The lowest BCUT2D eigenvalue weighted by Gasteiger charge is -2.04. The largest absolute Gasteiger partial charge is 0.464 e. The molecule has 0 amide bonds. The van der Waals surface area contributed by atoms with E-state index in [0.29, 0.717) is 5.69 Å². The van der Waals surface area contributed by atoms with Gasteiger partial charge < -0.3 is 10.5 Å². The van der Waals surface area contributed by atoms with Crippen molar-refractivity contribution >= 4 is 19.9 Å². The van der Waals surface area contributed by atoms with Crippen LogP contribution in [0.2, 0.25) is 19.6 Å². The van der Waals surface area contributed by atoms with Gasteiger partial charge in [0.2, 0.25) is 0 Å². The summed E-state index contributed by atoms with van der Waals surface area (Å²) >= 11 is 0. The van der Waals surface area contributed by atoms with Crippen molar-refractivity contribution in [3.05, 3.63) is 17.6 Å². The van der Waals surface area contributed by atoms with E-state index in [1.807, 2.05) is 0 Å². The van der Waals surface area contributed by atoms with Gasteiger partial charge in [-0.2, -0.15) is 0 Å². The van der Waals surface area contributed by atoms with Crippen molar-refractivity contribution in [2.75, 3.05) is 12.8 Å². The van der Waals surface area contributed by atoms with Gasteiger partial charge in [-0.3, -0.25) is 0 Å². The molecule has 0 fully saturated rings. The van der Waals surface area contributed by atoms with Crippen LogP contribution >= 0.6 is 0 Å². The minimum atomic E-state index is -1.48. The Kier molecular flexibility index (Phi) is 3.86. The van der Waals surface area contributed by atoms with E-state index in [-0.39, 0.29) is 11.5 Å². The van der Waals surface area contributed by atoms with Crippen LogP contribution in [0.3, 0.4) is 0 Å². The van der Waals surface area contributed by atoms with Crippen molar-refractivity contribution < 1.29 is 9.53 Å². The van der Waals surface area contributed by atoms with Crippen molar-refractivity contribution in [3.8, 4) is 11.5 Å². The molecule has 90 valence electrons. The second-order valence-electron chi connectivity index (χ2n) is 4.48. The first-order valence-corrected chi connectivity index (χ1v) is 8.57. The van der Waals surface area contributed by atoms with Crippen LogP contribution in [0.25, 0.3) is 0 Å². The van der Waals surface area contributed by atoms with Crippen molar-refractivity contribution in [2.24, 2.45) is 0 Å². The van der Waals surface area contributed by atoms with Gasteiger partial charge in [0, 0.05) is 0 Å². The van der Waals surface area contributed by atoms with Gasteiger partial charge in [0.25, 0.3) is 0 Å². The lowest BCUT2D eigenvalue weighted by atomic mass is 10.3. The molecule has 0 saturated carbocycles. The number of nitrogens with zero attached hydrogens (tertiary/aromatic N) is 2. The molecule has 1 heterocycles. The predicted octanol–water partition coefficient (Wildman–Crippen LogP) is 1.07. The Labute approximate surface area is 101 Å². The van der Waals surface area contributed by atoms with Gasteiger partial charge in [-0.25, -0.2) is 14.8 Å². The number of carbonyl (C=O) groups is 1. The molecule has 0 radical (unpaired) electrons. The second-order valence-corrected chi connectivity index (χ2v) is 9.23. The Morgan fingerprint density at radius 3 is 2.65 bits per heavy atom. The summed E-state index contributed by atoms with van der Waals surface area (Å²) in [5.74, 6) is 2.35. The average molecular weight is 249 g/mol. The zero-order chi connectivity index (χ0) is 13.1. The number of ether oxygens (including phenoxy) is 1. The first kappa shape index (κ1) is 13.2. The van der Waals surface area contributed by atoms with Crippen LogP contribution in [0.4, 0.5) is 5.82 Å². The molecule has 0 spiro atoms. The Hall–Kier alpha value is -1.87. The van der Waals surface area contributed by atoms with Crippen LogP contribution < -0.4 is 5.73 Å². The SMILES string of the molecule is COC(=O)c1nc(C#C[Si](C)(C)C)cnc1N. The van der Waals surface area contributed by atoms with Crippen LogP contribution in [0.15, 0.2) is 6.20 Å². The van der Waals surface area contributed by atoms with E-state index in [9.17, 15) is 4.79 Å². The molecule has 0 aliphatic heterocycles. The fourth-order valence-electron chi connectivity index (χ4n) is 0.957. The van der Waals surface area contributed by atoms with Gasteiger partial charge in [0.15, 0.2) is 11.5 Å². The summed E-state index contributed by atoms with van der Waals surface area (Å²) in [4.78, 5) is 19.3. The van der Waals surface area contributed by atoms with Crippen molar-refractivity contribution in [2.45, 2.75) is 19.6 Å². The molecule has 0 saturated heterocycles. The smallest absolute Gasteiger partial charge is 0.360 e. The Morgan fingerprint density at radius 1 is 1.47 bits per heavy atom. The second kappa shape index (κ2) is 4.97. The standard InChI is InChI=1S/C11H15N3O2Si/c1-16-11(15)9-10(12)13-7-8(14-9)5-6-17(2,3)4/h7H,1-4H3,(H2,12,13). The highest BCUT2D eigenvalue weighted by molar-refractivity contribution is 6.83. The van der Waals surface area contributed by atoms with Gasteiger partial charge in [-0.1, -0.05) is 25.6 Å². The van der Waals surface area contributed by atoms with Crippen LogP contribution in [-0.4, -0.2) is 31.1 Å². The summed E-state index contributed by atoms with van der Waals surface area (Å²) in [6.45, 7) is 6.35. The van der Waals surface area contributed by atoms with Crippen LogP contribution in [0.5, 0.6) is 0 Å². The molecule has 1 aromatic rings. The normalized spacial score (nSPS) is 10.4. The fourth-order valence-corrected chi connectivity index (χ4v) is 1.46. The molecular formula is C11H15N3O2Si. The summed E-state index contributed by atoms with van der Waals surface area (Å²) in [6.07, 6.45) is 1.45. The number of hydrogen-bond acceptors (Lipinski definition) is 5. The van der Waals surface area contributed by atoms with Gasteiger partial charge in [-0.15, -0.1) is 5.54 Å². The summed E-state index contributed by atoms with van der Waals surface area (Å²) < 4.78 is 4.56. The molecule has 0 aliphatic rings. The Morgan fingerprint density at radius 2 is 2.12 bits per heavy atom. The van der Waals surface area contributed by atoms with Crippen molar-refractivity contribution in [1.82, 2.24) is 9.97 Å². The Bertz CT molecular complexity index is 498. The monoisotopic (exact) mass is 249 g/mol. The van der Waals surface area contributed by atoms with E-state index in [1.165, 1.54) is 13.3 Å². The topological polar surface area (TPSA) is 78.1 Å². The van der Waals surface area contributed by atoms with Gasteiger partial charge in [0.05, 0.1) is 13.3 Å². The average Bonchev–Trinajstić information content (AvgIpc) is 2.26. The maximum Gasteiger partial charge on any atom is 0.360 e. The summed E-state index contributed by atoms with van der Waals surface area (Å²) in [5.41, 5.74) is 9.11. The zero-order valence-electron chi connectivity index (χ0n) is 10.4. The number of nitrogens with two attached hydrogens (primary N) is 1. The highest BCUT2D eigenvalue weighted by Crippen LogP contribution is 2.07. The molecule has 1 aromatic heterocycles. The van der Waals surface area contributed by atoms with E-state index >= 15 is 0 Å². The molecule has 0 bridgehead atoms. The van der Waals surface area contributed by atoms with E-state index in [4.69, 9.17) is 5.73 Å². The fraction of sp³-hybridized carbons (Fsp3) is 0.364. The number of rotatable bonds is 1. The number of esters is 1. The van der Waals surface area contributed by atoms with Gasteiger partial charge in [0.1, 0.15) is 13.8 Å². The first-order chi connectivity index (χ1) is 7.83. The summed E-state index contributed by atoms with van der Waals surface area (Å²) in [7, 11) is -0.215. The highest BCUT2D eigenvalue weighted by Gasteiger charge is 2.14. The van der Waals surface area contributed by atoms with Crippen LogP contribution in [-0.2, 0) is 4.74 Å². The van der Waals surface area contributed by atoms with Crippen molar-refractivity contribution in [1.29, 1.82) is 0 Å². The molecule has 2 N–H and O–H groups in total. The third kappa shape index (κ3) is 3.88. The van der Waals surface area contributed by atoms with E-state index in [0.717, 1.165) is 0 Å². The van der Waals surface area contributed by atoms with E-state index in [2.05, 4.69) is 45.8 Å². The summed E-state index contributed by atoms with van der Waals surface area (Å²) in [6, 6.07) is 0. The lowest BCUT2D eigenvalue weighted by Crippen LogP contribution is -2.16. The van der Waals surface area contributed by atoms with E-state index in [1.54, 1.807) is 0 Å². The molecular weight excluding hydrogens is 234 g/mol. The zero-order valence-corrected chi connectivity index (χ0v) is 11.4. The number of anilines is 1. The summed E-state index contributed by atoms with van der Waals surface area (Å²) in [5, 5.41) is 0. The number of methoxy groups -OCH3 is 1. The van der Waals surface area contributed by atoms with Gasteiger partial charge >= 0.3 is 5.97 Å². The van der Waals surface area contributed by atoms with E-state index < -0.39 is 14.0 Å². The molecule has 0 unspecified atom stereocenters. The van der Waals surface area contributed by atoms with Crippen LogP contribution in [0, 0.1) is 11.5 Å². The molecule has 17 heavy (non-hydrogen) atoms. The number of aromatic nitrogens is 2. The number of hydrogen-bond donors (Lipinski definition) is 1. The van der Waals surface area contributed by atoms with Crippen LogP contribution in [0.1, 0.15) is 16.2 Å². The first-order valence-electron chi connectivity index (χ1n) is 5.07. The third-order valence-corrected chi connectivity index (χ3v) is 2.62. The maximum atomic E-state index is 11.3. The highest BCUT2D eigenvalue weighted by atomic mass is 28.3. The lowest BCUT2D eigenvalue weighted by molar-refractivity contribution is 0.0595.